The van der Waals surface area contributed by atoms with E-state index in [0.29, 0.717) is 18.6 Å². The van der Waals surface area contributed by atoms with E-state index in [9.17, 15) is 9.90 Å². The van der Waals surface area contributed by atoms with E-state index in [-0.39, 0.29) is 5.92 Å². The Morgan fingerprint density at radius 2 is 2.06 bits per heavy atom. The molecule has 4 nitrogen and oxygen atoms in total. The topological polar surface area (TPSA) is 69.9 Å². The van der Waals surface area contributed by atoms with Gasteiger partial charge in [0, 0.05) is 5.92 Å². The first-order valence-electron chi connectivity index (χ1n) is 5.62. The standard InChI is InChI=1S/C13H15NO3/c1-9-11(14-17)7-8-13(9,12(15)16)10-5-3-2-4-6-10/h2-6,9,17H,7-8H2,1H3,(H,15,16). The fourth-order valence-electron chi connectivity index (χ4n) is 2.72. The van der Waals surface area contributed by atoms with Crippen molar-refractivity contribution < 1.29 is 15.1 Å². The van der Waals surface area contributed by atoms with E-state index < -0.39 is 11.4 Å². The summed E-state index contributed by atoms with van der Waals surface area (Å²) < 4.78 is 0. The van der Waals surface area contributed by atoms with Crippen LogP contribution in [0.15, 0.2) is 35.5 Å². The predicted octanol–water partition coefficient (Wildman–Crippen LogP) is 2.27. The molecule has 2 N–H and O–H groups in total. The van der Waals surface area contributed by atoms with Crippen molar-refractivity contribution in [1.29, 1.82) is 0 Å². The number of carbonyl (C=O) groups is 1. The number of rotatable bonds is 2. The van der Waals surface area contributed by atoms with Crippen LogP contribution in [-0.4, -0.2) is 22.0 Å². The Morgan fingerprint density at radius 1 is 1.41 bits per heavy atom. The zero-order valence-corrected chi connectivity index (χ0v) is 9.63. The summed E-state index contributed by atoms with van der Waals surface area (Å²) in [6.45, 7) is 1.81. The van der Waals surface area contributed by atoms with Gasteiger partial charge >= 0.3 is 5.97 Å². The van der Waals surface area contributed by atoms with Crippen molar-refractivity contribution in [3.05, 3.63) is 35.9 Å². The largest absolute Gasteiger partial charge is 0.481 e. The molecule has 4 heteroatoms. The van der Waals surface area contributed by atoms with Gasteiger partial charge in [0.25, 0.3) is 0 Å². The van der Waals surface area contributed by atoms with E-state index in [4.69, 9.17) is 5.21 Å². The van der Waals surface area contributed by atoms with Crippen molar-refractivity contribution in [2.24, 2.45) is 11.1 Å². The van der Waals surface area contributed by atoms with Gasteiger partial charge in [-0.1, -0.05) is 42.4 Å². The van der Waals surface area contributed by atoms with E-state index in [1.54, 1.807) is 0 Å². The number of aliphatic carboxylic acids is 1. The Balaban J connectivity index is 2.53. The molecular weight excluding hydrogens is 218 g/mol. The Hall–Kier alpha value is -1.84. The molecule has 1 fully saturated rings. The molecule has 0 spiro atoms. The molecule has 1 aliphatic carbocycles. The van der Waals surface area contributed by atoms with Crippen LogP contribution in [0.4, 0.5) is 0 Å². The van der Waals surface area contributed by atoms with Crippen molar-refractivity contribution in [2.45, 2.75) is 25.2 Å². The van der Waals surface area contributed by atoms with E-state index in [1.807, 2.05) is 37.3 Å². The minimum atomic E-state index is -0.956. The maximum Gasteiger partial charge on any atom is 0.314 e. The maximum atomic E-state index is 11.7. The third-order valence-corrected chi connectivity index (χ3v) is 3.81. The summed E-state index contributed by atoms with van der Waals surface area (Å²) in [6, 6.07) is 9.18. The SMILES string of the molecule is CC1C(=NO)CCC1(C(=O)O)c1ccccc1. The minimum Gasteiger partial charge on any atom is -0.481 e. The summed E-state index contributed by atoms with van der Waals surface area (Å²) in [4.78, 5) is 11.7. The van der Waals surface area contributed by atoms with Crippen molar-refractivity contribution in [3.63, 3.8) is 0 Å². The lowest BCUT2D eigenvalue weighted by Crippen LogP contribution is -2.39. The normalized spacial score (nSPS) is 30.6. The molecule has 0 bridgehead atoms. The van der Waals surface area contributed by atoms with Crippen molar-refractivity contribution in [2.75, 3.05) is 0 Å². The van der Waals surface area contributed by atoms with Crippen LogP contribution in [0.1, 0.15) is 25.3 Å². The first-order chi connectivity index (χ1) is 8.13. The van der Waals surface area contributed by atoms with Crippen molar-refractivity contribution in [1.82, 2.24) is 0 Å². The number of carboxylic acids is 1. The summed E-state index contributed by atoms with van der Waals surface area (Å²) in [7, 11) is 0. The van der Waals surface area contributed by atoms with E-state index in [0.717, 1.165) is 5.56 Å². The van der Waals surface area contributed by atoms with Crippen LogP contribution in [0.2, 0.25) is 0 Å². The smallest absolute Gasteiger partial charge is 0.314 e. The highest BCUT2D eigenvalue weighted by atomic mass is 16.4. The molecular formula is C13H15NO3. The van der Waals surface area contributed by atoms with Crippen molar-refractivity contribution in [3.8, 4) is 0 Å². The molecule has 0 aliphatic heterocycles. The van der Waals surface area contributed by atoms with Crippen LogP contribution in [0.25, 0.3) is 0 Å². The van der Waals surface area contributed by atoms with Crippen LogP contribution >= 0.6 is 0 Å². The van der Waals surface area contributed by atoms with Gasteiger partial charge in [0.15, 0.2) is 0 Å². The van der Waals surface area contributed by atoms with E-state index in [2.05, 4.69) is 5.16 Å². The molecule has 17 heavy (non-hydrogen) atoms. The number of carboxylic acid groups (broad SMARTS) is 1. The molecule has 1 saturated carbocycles. The molecule has 1 aromatic rings. The van der Waals surface area contributed by atoms with E-state index >= 15 is 0 Å². The Morgan fingerprint density at radius 3 is 2.53 bits per heavy atom. The third-order valence-electron chi connectivity index (χ3n) is 3.81. The maximum absolute atomic E-state index is 11.7. The lowest BCUT2D eigenvalue weighted by Gasteiger charge is -2.29. The van der Waals surface area contributed by atoms with Gasteiger partial charge in [-0.2, -0.15) is 0 Å². The average Bonchev–Trinajstić information content (AvgIpc) is 2.68. The number of benzene rings is 1. The zero-order chi connectivity index (χ0) is 12.5. The molecule has 90 valence electrons. The van der Waals surface area contributed by atoms with Gasteiger partial charge in [-0.3, -0.25) is 4.79 Å². The average molecular weight is 233 g/mol. The van der Waals surface area contributed by atoms with Gasteiger partial charge < -0.3 is 10.3 Å². The number of hydrogen-bond donors (Lipinski definition) is 2. The van der Waals surface area contributed by atoms with Gasteiger partial charge in [0.1, 0.15) is 5.41 Å². The summed E-state index contributed by atoms with van der Waals surface area (Å²) >= 11 is 0. The van der Waals surface area contributed by atoms with Gasteiger partial charge in [-0.05, 0) is 18.4 Å². The molecule has 1 aromatic carbocycles. The zero-order valence-electron chi connectivity index (χ0n) is 9.63. The quantitative estimate of drug-likeness (QED) is 0.608. The lowest BCUT2D eigenvalue weighted by molar-refractivity contribution is -0.144. The molecule has 0 radical (unpaired) electrons. The summed E-state index contributed by atoms with van der Waals surface area (Å²) in [5.74, 6) is -1.14. The number of hydrogen-bond acceptors (Lipinski definition) is 3. The highest BCUT2D eigenvalue weighted by molar-refractivity contribution is 5.98. The minimum absolute atomic E-state index is 0.285. The Bertz CT molecular complexity index is 455. The van der Waals surface area contributed by atoms with Gasteiger partial charge in [-0.15, -0.1) is 0 Å². The van der Waals surface area contributed by atoms with E-state index in [1.165, 1.54) is 0 Å². The van der Waals surface area contributed by atoms with Crippen LogP contribution < -0.4 is 0 Å². The molecule has 0 saturated heterocycles. The molecule has 1 aliphatic rings. The van der Waals surface area contributed by atoms with Crippen LogP contribution in [0, 0.1) is 5.92 Å². The summed E-state index contributed by atoms with van der Waals surface area (Å²) in [6.07, 6.45) is 1.01. The number of oxime groups is 1. The molecule has 2 unspecified atom stereocenters. The second kappa shape index (κ2) is 4.20. The Labute approximate surface area is 99.6 Å². The highest BCUT2D eigenvalue weighted by Crippen LogP contribution is 2.44. The highest BCUT2D eigenvalue weighted by Gasteiger charge is 2.51. The van der Waals surface area contributed by atoms with Crippen LogP contribution in [-0.2, 0) is 10.2 Å². The third kappa shape index (κ3) is 1.60. The molecule has 2 rings (SSSR count). The van der Waals surface area contributed by atoms with Crippen LogP contribution in [0.3, 0.4) is 0 Å². The predicted molar refractivity (Wildman–Crippen MR) is 63.4 cm³/mol. The first kappa shape index (κ1) is 11.6. The number of nitrogens with zero attached hydrogens (tertiary/aromatic N) is 1. The summed E-state index contributed by atoms with van der Waals surface area (Å²) in [5, 5.41) is 21.7. The fraction of sp³-hybridized carbons (Fsp3) is 0.385. The molecule has 2 atom stereocenters. The van der Waals surface area contributed by atoms with Gasteiger partial charge in [0.2, 0.25) is 0 Å². The van der Waals surface area contributed by atoms with Crippen LogP contribution in [0.5, 0.6) is 0 Å². The Kier molecular flexibility index (Phi) is 2.88. The lowest BCUT2D eigenvalue weighted by atomic mass is 9.73. The molecule has 0 aromatic heterocycles. The molecule has 0 amide bonds. The molecule has 0 heterocycles. The first-order valence-corrected chi connectivity index (χ1v) is 5.62. The monoisotopic (exact) mass is 233 g/mol. The van der Waals surface area contributed by atoms with Crippen molar-refractivity contribution >= 4 is 11.7 Å². The van der Waals surface area contributed by atoms with Gasteiger partial charge in [-0.25, -0.2) is 0 Å². The second-order valence-electron chi connectivity index (χ2n) is 4.46. The second-order valence-corrected chi connectivity index (χ2v) is 4.46. The fourth-order valence-corrected chi connectivity index (χ4v) is 2.72. The summed E-state index contributed by atoms with van der Waals surface area (Å²) in [5.41, 5.74) is 0.387. The van der Waals surface area contributed by atoms with Gasteiger partial charge in [0.05, 0.1) is 5.71 Å².